The molecular weight excluding hydrogens is 512 g/mol. The standard InChI is InChI=1S/C29H38N6O5/c1-18(29(39)40)33-28(38)25(15-19-9-3-2-4-10-19)35-27(37)24(13-7-8-14-30)34-26(36)22(31)16-20-17-32-23-12-6-5-11-21(20)23/h2-6,9-12,17-18,22,24-25,32H,7-8,13-16,30-31H2,1H3,(H,33,38)(H,34,36)(H,35,37)(H,39,40). The number of amides is 3. The quantitative estimate of drug-likeness (QED) is 0.137. The largest absolute Gasteiger partial charge is 0.480 e. The van der Waals surface area contributed by atoms with Crippen LogP contribution in [0.1, 0.15) is 37.3 Å². The molecule has 40 heavy (non-hydrogen) atoms. The Morgan fingerprint density at radius 2 is 1.50 bits per heavy atom. The summed E-state index contributed by atoms with van der Waals surface area (Å²) in [5.74, 6) is -2.91. The van der Waals surface area contributed by atoms with E-state index in [1.165, 1.54) is 6.92 Å². The number of H-pyrrole nitrogens is 1. The van der Waals surface area contributed by atoms with Gasteiger partial charge < -0.3 is 37.5 Å². The molecule has 3 rings (SSSR count). The van der Waals surface area contributed by atoms with Crippen molar-refractivity contribution in [2.45, 2.75) is 63.2 Å². The molecular formula is C29H38N6O5. The van der Waals surface area contributed by atoms with Crippen LogP contribution < -0.4 is 27.4 Å². The van der Waals surface area contributed by atoms with Crippen molar-refractivity contribution in [2.24, 2.45) is 11.5 Å². The summed E-state index contributed by atoms with van der Waals surface area (Å²) in [6, 6.07) is 12.6. The first-order valence-corrected chi connectivity index (χ1v) is 13.4. The lowest BCUT2D eigenvalue weighted by atomic mass is 10.0. The number of aliphatic carboxylic acids is 1. The van der Waals surface area contributed by atoms with Crippen molar-refractivity contribution >= 4 is 34.6 Å². The fourth-order valence-electron chi connectivity index (χ4n) is 4.38. The van der Waals surface area contributed by atoms with E-state index in [-0.39, 0.29) is 12.8 Å². The van der Waals surface area contributed by atoms with E-state index >= 15 is 0 Å². The second-order valence-corrected chi connectivity index (χ2v) is 9.84. The van der Waals surface area contributed by atoms with Crippen molar-refractivity contribution in [2.75, 3.05) is 6.54 Å². The molecule has 0 saturated carbocycles. The summed E-state index contributed by atoms with van der Waals surface area (Å²) >= 11 is 0. The third-order valence-electron chi connectivity index (χ3n) is 6.68. The Labute approximate surface area is 233 Å². The van der Waals surface area contributed by atoms with Gasteiger partial charge in [-0.15, -0.1) is 0 Å². The number of hydrogen-bond acceptors (Lipinski definition) is 6. The molecule has 3 aromatic rings. The minimum absolute atomic E-state index is 0.133. The van der Waals surface area contributed by atoms with Crippen LogP contribution in [-0.4, -0.2) is 64.5 Å². The molecule has 9 N–H and O–H groups in total. The molecule has 0 spiro atoms. The van der Waals surface area contributed by atoms with Crippen molar-refractivity contribution in [3.8, 4) is 0 Å². The molecule has 0 bridgehead atoms. The molecule has 1 aromatic heterocycles. The number of nitrogens with one attached hydrogen (secondary N) is 4. The number of fused-ring (bicyclic) bond motifs is 1. The Bertz CT molecular complexity index is 1290. The van der Waals surface area contributed by atoms with Gasteiger partial charge in [0.1, 0.15) is 18.1 Å². The molecule has 3 amide bonds. The summed E-state index contributed by atoms with van der Waals surface area (Å²) in [5, 5.41) is 18.1. The Morgan fingerprint density at radius 1 is 0.850 bits per heavy atom. The van der Waals surface area contributed by atoms with Crippen LogP contribution in [0, 0.1) is 0 Å². The van der Waals surface area contributed by atoms with E-state index in [0.29, 0.717) is 25.8 Å². The number of para-hydroxylation sites is 1. The smallest absolute Gasteiger partial charge is 0.325 e. The van der Waals surface area contributed by atoms with Gasteiger partial charge in [-0.05, 0) is 56.3 Å². The first-order chi connectivity index (χ1) is 19.2. The van der Waals surface area contributed by atoms with Crippen LogP contribution in [0.25, 0.3) is 10.9 Å². The number of aromatic nitrogens is 1. The third kappa shape index (κ3) is 8.65. The topological polar surface area (TPSA) is 192 Å². The molecule has 0 fully saturated rings. The van der Waals surface area contributed by atoms with Crippen LogP contribution in [0.5, 0.6) is 0 Å². The molecule has 0 saturated heterocycles. The molecule has 11 nitrogen and oxygen atoms in total. The number of carbonyl (C=O) groups is 4. The third-order valence-corrected chi connectivity index (χ3v) is 6.68. The number of carbonyl (C=O) groups excluding carboxylic acids is 3. The highest BCUT2D eigenvalue weighted by atomic mass is 16.4. The molecule has 0 aliphatic carbocycles. The number of hydrogen-bond donors (Lipinski definition) is 7. The van der Waals surface area contributed by atoms with Gasteiger partial charge in [0, 0.05) is 23.5 Å². The van der Waals surface area contributed by atoms with E-state index in [1.54, 1.807) is 24.3 Å². The van der Waals surface area contributed by atoms with Crippen LogP contribution >= 0.6 is 0 Å². The van der Waals surface area contributed by atoms with Gasteiger partial charge >= 0.3 is 5.97 Å². The number of benzene rings is 2. The Morgan fingerprint density at radius 3 is 2.20 bits per heavy atom. The number of aromatic amines is 1. The van der Waals surface area contributed by atoms with Crippen LogP contribution in [-0.2, 0) is 32.0 Å². The van der Waals surface area contributed by atoms with Gasteiger partial charge in [-0.3, -0.25) is 19.2 Å². The first-order valence-electron chi connectivity index (χ1n) is 13.4. The second-order valence-electron chi connectivity index (χ2n) is 9.84. The van der Waals surface area contributed by atoms with Gasteiger partial charge in [-0.2, -0.15) is 0 Å². The number of carboxylic acid groups (broad SMARTS) is 1. The van der Waals surface area contributed by atoms with Gasteiger partial charge in [0.25, 0.3) is 0 Å². The van der Waals surface area contributed by atoms with E-state index in [4.69, 9.17) is 11.5 Å². The maximum absolute atomic E-state index is 13.4. The van der Waals surface area contributed by atoms with Gasteiger partial charge in [0.15, 0.2) is 0 Å². The number of nitrogens with two attached hydrogens (primary N) is 2. The monoisotopic (exact) mass is 550 g/mol. The Kier molecular flexibility index (Phi) is 11.2. The van der Waals surface area contributed by atoms with Gasteiger partial charge in [-0.25, -0.2) is 0 Å². The maximum Gasteiger partial charge on any atom is 0.325 e. The summed E-state index contributed by atoms with van der Waals surface area (Å²) in [6.45, 7) is 1.76. The lowest BCUT2D eigenvalue weighted by molar-refractivity contribution is -0.141. The summed E-state index contributed by atoms with van der Waals surface area (Å²) in [5.41, 5.74) is 14.5. The fraction of sp³-hybridized carbons (Fsp3) is 0.379. The zero-order chi connectivity index (χ0) is 29.1. The zero-order valence-electron chi connectivity index (χ0n) is 22.6. The van der Waals surface area contributed by atoms with Gasteiger partial charge in [0.05, 0.1) is 6.04 Å². The SMILES string of the molecule is CC(NC(=O)C(Cc1ccccc1)NC(=O)C(CCCCN)NC(=O)C(N)Cc1c[nH]c2ccccc12)C(=O)O. The predicted molar refractivity (Wildman–Crippen MR) is 152 cm³/mol. The molecule has 0 aliphatic heterocycles. The van der Waals surface area contributed by atoms with E-state index in [9.17, 15) is 24.3 Å². The predicted octanol–water partition coefficient (Wildman–Crippen LogP) is 0.968. The second kappa shape index (κ2) is 14.8. The molecule has 11 heteroatoms. The van der Waals surface area contributed by atoms with Crippen LogP contribution in [0.4, 0.5) is 0 Å². The molecule has 214 valence electrons. The van der Waals surface area contributed by atoms with Crippen molar-refractivity contribution in [3.63, 3.8) is 0 Å². The van der Waals surface area contributed by atoms with Crippen molar-refractivity contribution in [1.29, 1.82) is 0 Å². The highest BCUT2D eigenvalue weighted by Gasteiger charge is 2.29. The number of unbranched alkanes of at least 4 members (excludes halogenated alkanes) is 1. The minimum atomic E-state index is -1.20. The van der Waals surface area contributed by atoms with Gasteiger partial charge in [0.2, 0.25) is 17.7 Å². The minimum Gasteiger partial charge on any atom is -0.480 e. The molecule has 2 aromatic carbocycles. The van der Waals surface area contributed by atoms with E-state index in [0.717, 1.165) is 22.0 Å². The lowest BCUT2D eigenvalue weighted by Crippen LogP contribution is -2.57. The zero-order valence-corrected chi connectivity index (χ0v) is 22.6. The average molecular weight is 551 g/mol. The summed E-state index contributed by atoms with van der Waals surface area (Å²) in [6.07, 6.45) is 3.71. The van der Waals surface area contributed by atoms with E-state index in [1.807, 2.05) is 36.5 Å². The highest BCUT2D eigenvalue weighted by molar-refractivity contribution is 5.94. The molecule has 1 heterocycles. The number of carboxylic acids is 1. The summed E-state index contributed by atoms with van der Waals surface area (Å²) < 4.78 is 0. The lowest BCUT2D eigenvalue weighted by Gasteiger charge is -2.25. The Balaban J connectivity index is 1.73. The average Bonchev–Trinajstić information content (AvgIpc) is 3.35. The number of rotatable bonds is 15. The fourth-order valence-corrected chi connectivity index (χ4v) is 4.38. The summed E-state index contributed by atoms with van der Waals surface area (Å²) in [7, 11) is 0. The first kappa shape index (κ1) is 30.3. The van der Waals surface area contributed by atoms with Crippen LogP contribution in [0.3, 0.4) is 0 Å². The molecule has 4 atom stereocenters. The molecule has 0 radical (unpaired) electrons. The normalized spacial score (nSPS) is 14.1. The van der Waals surface area contributed by atoms with Crippen LogP contribution in [0.15, 0.2) is 60.8 Å². The maximum atomic E-state index is 13.4. The van der Waals surface area contributed by atoms with Crippen molar-refractivity contribution in [3.05, 3.63) is 71.9 Å². The van der Waals surface area contributed by atoms with Crippen molar-refractivity contribution < 1.29 is 24.3 Å². The highest BCUT2D eigenvalue weighted by Crippen LogP contribution is 2.19. The van der Waals surface area contributed by atoms with E-state index < -0.39 is 47.9 Å². The summed E-state index contributed by atoms with van der Waals surface area (Å²) in [4.78, 5) is 53.9. The Hall–Kier alpha value is -4.22. The van der Waals surface area contributed by atoms with E-state index in [2.05, 4.69) is 20.9 Å². The van der Waals surface area contributed by atoms with Gasteiger partial charge in [-0.1, -0.05) is 48.5 Å². The van der Waals surface area contributed by atoms with Crippen molar-refractivity contribution in [1.82, 2.24) is 20.9 Å². The molecule has 0 aliphatic rings. The molecule has 4 unspecified atom stereocenters. The van der Waals surface area contributed by atoms with Crippen LogP contribution in [0.2, 0.25) is 0 Å².